The molecule has 0 saturated heterocycles. The van der Waals surface area contributed by atoms with Gasteiger partial charge in [-0.3, -0.25) is 18.6 Å². The Morgan fingerprint density at radius 2 is 0.980 bits per heavy atom. The summed E-state index contributed by atoms with van der Waals surface area (Å²) in [6.45, 7) is 2.36. The summed E-state index contributed by atoms with van der Waals surface area (Å²) < 4.78 is 32.6. The molecule has 3 atom stereocenters. The molecule has 0 saturated carbocycles. The van der Waals surface area contributed by atoms with Crippen LogP contribution in [0, 0.1) is 0 Å². The van der Waals surface area contributed by atoms with Gasteiger partial charge in [-0.15, -0.1) is 0 Å². The van der Waals surface area contributed by atoms with Gasteiger partial charge in [-0.25, -0.2) is 4.57 Å². The summed E-state index contributed by atoms with van der Waals surface area (Å²) in [5.41, 5.74) is 0. The van der Waals surface area contributed by atoms with Crippen molar-refractivity contribution in [1.82, 2.24) is 0 Å². The highest BCUT2D eigenvalue weighted by atomic mass is 31.2. The number of aliphatic hydroxyl groups excluding tert-OH is 2. The fraction of sp³-hybridized carbons (Fsp3) is 0.897. The minimum atomic E-state index is -4.61. The van der Waals surface area contributed by atoms with E-state index in [1.807, 2.05) is 0 Å². The Morgan fingerprint density at radius 3 is 1.48 bits per heavy atom. The zero-order chi connectivity index (χ0) is 37.0. The summed E-state index contributed by atoms with van der Waals surface area (Å²) in [5.74, 6) is -0.944. The maximum absolute atomic E-state index is 12.5. The Morgan fingerprint density at radius 1 is 0.580 bits per heavy atom. The predicted molar refractivity (Wildman–Crippen MR) is 201 cm³/mol. The number of ether oxygens (including phenoxy) is 2. The Hall–Kier alpha value is -1.29. The van der Waals surface area contributed by atoms with Crippen molar-refractivity contribution in [1.29, 1.82) is 0 Å². The van der Waals surface area contributed by atoms with Gasteiger partial charge in [0.05, 0.1) is 19.8 Å². The standard InChI is InChI=1S/C39H75O10P/c1-3-5-7-9-11-13-15-17-18-19-21-22-24-26-28-30-38(42)46-34-37(35-48-50(44,45)47-33-36(41)32-40)49-39(43)31-29-27-25-23-20-16-14-12-10-8-6-4-2/h21-22,36-37,40-41H,3-20,23-35H2,1-2H3,(H,44,45)/b22-21+/t36-,37+/m0/s1. The Bertz CT molecular complexity index is 853. The number of esters is 2. The lowest BCUT2D eigenvalue weighted by Crippen LogP contribution is -2.29. The molecule has 0 aromatic rings. The molecular formula is C39H75O10P. The van der Waals surface area contributed by atoms with Crippen LogP contribution >= 0.6 is 7.82 Å². The maximum atomic E-state index is 12.5. The molecule has 0 aromatic heterocycles. The molecule has 0 rings (SSSR count). The van der Waals surface area contributed by atoms with Crippen LogP contribution < -0.4 is 0 Å². The third-order valence-corrected chi connectivity index (χ3v) is 9.62. The molecule has 50 heavy (non-hydrogen) atoms. The first-order valence-electron chi connectivity index (χ1n) is 20.1. The number of aliphatic hydroxyl groups is 2. The van der Waals surface area contributed by atoms with Gasteiger partial charge < -0.3 is 24.6 Å². The van der Waals surface area contributed by atoms with E-state index in [1.54, 1.807) is 0 Å². The molecule has 0 aliphatic heterocycles. The van der Waals surface area contributed by atoms with Crippen LogP contribution in [0.2, 0.25) is 0 Å². The lowest BCUT2D eigenvalue weighted by molar-refractivity contribution is -0.161. The van der Waals surface area contributed by atoms with Crippen LogP contribution in [-0.4, -0.2) is 65.7 Å². The summed E-state index contributed by atoms with van der Waals surface area (Å²) in [4.78, 5) is 34.8. The van der Waals surface area contributed by atoms with Gasteiger partial charge in [-0.2, -0.15) is 0 Å². The molecule has 0 spiro atoms. The number of carbonyl (C=O) groups excluding carboxylic acids is 2. The topological polar surface area (TPSA) is 149 Å². The van der Waals surface area contributed by atoms with Crippen molar-refractivity contribution in [2.45, 2.75) is 199 Å². The van der Waals surface area contributed by atoms with Crippen LogP contribution in [-0.2, 0) is 32.7 Å². The molecule has 3 N–H and O–H groups in total. The predicted octanol–water partition coefficient (Wildman–Crippen LogP) is 10.1. The molecule has 10 nitrogen and oxygen atoms in total. The first-order valence-corrected chi connectivity index (χ1v) is 21.6. The number of hydrogen-bond donors (Lipinski definition) is 3. The van der Waals surface area contributed by atoms with Crippen LogP contribution in [0.1, 0.15) is 187 Å². The fourth-order valence-electron chi connectivity index (χ4n) is 5.52. The third kappa shape index (κ3) is 35.1. The van der Waals surface area contributed by atoms with Gasteiger partial charge in [0.15, 0.2) is 6.10 Å². The lowest BCUT2D eigenvalue weighted by Gasteiger charge is -2.20. The number of hydrogen-bond acceptors (Lipinski definition) is 9. The van der Waals surface area contributed by atoms with Gasteiger partial charge in [0.1, 0.15) is 12.7 Å². The molecule has 0 aromatic carbocycles. The van der Waals surface area contributed by atoms with Crippen LogP contribution in [0.4, 0.5) is 0 Å². The Balaban J connectivity index is 4.34. The highest BCUT2D eigenvalue weighted by molar-refractivity contribution is 7.47. The molecule has 1 unspecified atom stereocenters. The van der Waals surface area contributed by atoms with Crippen LogP contribution in [0.3, 0.4) is 0 Å². The van der Waals surface area contributed by atoms with Gasteiger partial charge in [0.25, 0.3) is 0 Å². The number of unbranched alkanes of at least 4 members (excludes halogenated alkanes) is 22. The van der Waals surface area contributed by atoms with Crippen molar-refractivity contribution in [3.63, 3.8) is 0 Å². The second-order valence-corrected chi connectivity index (χ2v) is 15.1. The molecule has 11 heteroatoms. The van der Waals surface area contributed by atoms with Gasteiger partial charge in [0, 0.05) is 12.8 Å². The van der Waals surface area contributed by atoms with E-state index >= 15 is 0 Å². The van der Waals surface area contributed by atoms with E-state index < -0.39 is 51.8 Å². The van der Waals surface area contributed by atoms with Crippen molar-refractivity contribution >= 4 is 19.8 Å². The smallest absolute Gasteiger partial charge is 0.462 e. The molecule has 296 valence electrons. The van der Waals surface area contributed by atoms with Crippen LogP contribution in [0.25, 0.3) is 0 Å². The summed E-state index contributed by atoms with van der Waals surface area (Å²) in [7, 11) is -4.61. The molecule has 0 fully saturated rings. The average molecular weight is 735 g/mol. The lowest BCUT2D eigenvalue weighted by atomic mass is 10.0. The molecule has 0 aliphatic carbocycles. The second-order valence-electron chi connectivity index (χ2n) is 13.7. The number of carbonyl (C=O) groups is 2. The quantitative estimate of drug-likeness (QED) is 0.0242. The average Bonchev–Trinajstić information content (AvgIpc) is 3.10. The minimum absolute atomic E-state index is 0.185. The Kier molecular flexibility index (Phi) is 35.2. The van der Waals surface area contributed by atoms with Crippen molar-refractivity contribution in [3.05, 3.63) is 12.2 Å². The summed E-state index contributed by atoms with van der Waals surface area (Å²) >= 11 is 0. The van der Waals surface area contributed by atoms with Crippen LogP contribution in [0.15, 0.2) is 12.2 Å². The van der Waals surface area contributed by atoms with Crippen molar-refractivity contribution < 1.29 is 47.8 Å². The fourth-order valence-corrected chi connectivity index (χ4v) is 6.31. The Labute approximate surface area is 305 Å². The van der Waals surface area contributed by atoms with E-state index in [2.05, 4.69) is 30.5 Å². The minimum Gasteiger partial charge on any atom is -0.462 e. The van der Waals surface area contributed by atoms with E-state index in [9.17, 15) is 24.2 Å². The molecular weight excluding hydrogens is 659 g/mol. The maximum Gasteiger partial charge on any atom is 0.472 e. The molecule has 0 bridgehead atoms. The summed E-state index contributed by atoms with van der Waals surface area (Å²) in [6.07, 6.45) is 31.8. The third-order valence-electron chi connectivity index (χ3n) is 8.67. The number of phosphoric ester groups is 1. The first-order chi connectivity index (χ1) is 24.2. The summed E-state index contributed by atoms with van der Waals surface area (Å²) in [5, 5.41) is 18.3. The first kappa shape index (κ1) is 48.7. The van der Waals surface area contributed by atoms with E-state index in [0.29, 0.717) is 12.8 Å². The van der Waals surface area contributed by atoms with E-state index in [4.69, 9.17) is 19.1 Å². The molecule has 0 aliphatic rings. The normalized spacial score (nSPS) is 14.1. The molecule has 0 heterocycles. The van der Waals surface area contributed by atoms with Crippen molar-refractivity contribution in [2.75, 3.05) is 26.4 Å². The zero-order valence-corrected chi connectivity index (χ0v) is 32.8. The van der Waals surface area contributed by atoms with Gasteiger partial charge in [0.2, 0.25) is 0 Å². The van der Waals surface area contributed by atoms with E-state index in [1.165, 1.54) is 109 Å². The molecule has 0 radical (unpaired) electrons. The highest BCUT2D eigenvalue weighted by Crippen LogP contribution is 2.43. The SMILES string of the molecule is CCCCCCCCCCC/C=C/CCCCC(=O)OC[C@H](COP(=O)(O)OC[C@@H](O)CO)OC(=O)CCCCCCCCCCCCCC. The largest absolute Gasteiger partial charge is 0.472 e. The van der Waals surface area contributed by atoms with Gasteiger partial charge in [-0.1, -0.05) is 148 Å². The van der Waals surface area contributed by atoms with E-state index in [0.717, 1.165) is 38.5 Å². The highest BCUT2D eigenvalue weighted by Gasteiger charge is 2.27. The zero-order valence-electron chi connectivity index (χ0n) is 31.9. The number of allylic oxidation sites excluding steroid dienone is 2. The molecule has 0 amide bonds. The van der Waals surface area contributed by atoms with Gasteiger partial charge in [-0.05, 0) is 38.5 Å². The van der Waals surface area contributed by atoms with Crippen molar-refractivity contribution in [3.8, 4) is 0 Å². The number of phosphoric acid groups is 1. The van der Waals surface area contributed by atoms with Crippen LogP contribution in [0.5, 0.6) is 0 Å². The monoisotopic (exact) mass is 735 g/mol. The van der Waals surface area contributed by atoms with Crippen molar-refractivity contribution in [2.24, 2.45) is 0 Å². The second kappa shape index (κ2) is 36.1. The van der Waals surface area contributed by atoms with Gasteiger partial charge >= 0.3 is 19.8 Å². The van der Waals surface area contributed by atoms with E-state index in [-0.39, 0.29) is 19.4 Å². The summed E-state index contributed by atoms with van der Waals surface area (Å²) in [6, 6.07) is 0. The number of rotatable bonds is 38.